The van der Waals surface area contributed by atoms with E-state index in [-0.39, 0.29) is 29.2 Å². The van der Waals surface area contributed by atoms with E-state index in [4.69, 9.17) is 4.74 Å². The molecule has 1 aromatic carbocycles. The monoisotopic (exact) mass is 339 g/mol. The van der Waals surface area contributed by atoms with Crippen LogP contribution in [0.2, 0.25) is 0 Å². The molecule has 0 spiro atoms. The van der Waals surface area contributed by atoms with Crippen LogP contribution in [-0.4, -0.2) is 51.3 Å². The van der Waals surface area contributed by atoms with Crippen molar-refractivity contribution >= 4 is 15.7 Å². The molecule has 0 saturated carbocycles. The van der Waals surface area contributed by atoms with Crippen molar-refractivity contribution in [3.8, 4) is 0 Å². The van der Waals surface area contributed by atoms with Gasteiger partial charge in [0.2, 0.25) is 0 Å². The molecule has 5 nitrogen and oxygen atoms in total. The molecule has 0 N–H and O–H groups in total. The van der Waals surface area contributed by atoms with E-state index in [1.165, 1.54) is 19.2 Å². The van der Waals surface area contributed by atoms with Gasteiger partial charge in [0.05, 0.1) is 17.3 Å². The molecule has 0 aliphatic carbocycles. The van der Waals surface area contributed by atoms with Crippen LogP contribution in [0.4, 0.5) is 0 Å². The minimum absolute atomic E-state index is 0.0120. The van der Waals surface area contributed by atoms with Crippen LogP contribution in [0.3, 0.4) is 0 Å². The third-order valence-electron chi connectivity index (χ3n) is 4.35. The van der Waals surface area contributed by atoms with Gasteiger partial charge in [0.25, 0.3) is 5.91 Å². The number of carbonyl (C=O) groups is 1. The highest BCUT2D eigenvalue weighted by Crippen LogP contribution is 2.26. The van der Waals surface area contributed by atoms with E-state index in [0.29, 0.717) is 11.5 Å². The number of amides is 1. The van der Waals surface area contributed by atoms with Crippen molar-refractivity contribution in [1.82, 2.24) is 4.90 Å². The van der Waals surface area contributed by atoms with Crippen LogP contribution in [0, 0.1) is 5.92 Å². The number of methoxy groups -OCH3 is 1. The van der Waals surface area contributed by atoms with Gasteiger partial charge in [0.15, 0.2) is 9.84 Å². The number of ether oxygens (including phenoxy) is 1. The largest absolute Gasteiger partial charge is 0.384 e. The summed E-state index contributed by atoms with van der Waals surface area (Å²) in [4.78, 5) is 14.8. The van der Waals surface area contributed by atoms with Crippen molar-refractivity contribution in [2.75, 3.05) is 26.0 Å². The molecule has 1 aliphatic rings. The predicted octanol–water partition coefficient (Wildman–Crippen LogP) is 2.37. The topological polar surface area (TPSA) is 63.7 Å². The Balaban J connectivity index is 2.15. The molecule has 1 unspecified atom stereocenters. The number of nitrogens with zero attached hydrogens (tertiary/aromatic N) is 1. The fourth-order valence-corrected chi connectivity index (χ4v) is 4.19. The highest BCUT2D eigenvalue weighted by molar-refractivity contribution is 7.91. The van der Waals surface area contributed by atoms with Gasteiger partial charge in [-0.05, 0) is 43.0 Å². The van der Waals surface area contributed by atoms with Crippen LogP contribution in [0.5, 0.6) is 0 Å². The molecule has 1 fully saturated rings. The quantitative estimate of drug-likeness (QED) is 0.798. The second-order valence-corrected chi connectivity index (χ2v) is 8.40. The first-order chi connectivity index (χ1) is 10.9. The fraction of sp³-hybridized carbons (Fsp3) is 0.588. The van der Waals surface area contributed by atoms with Gasteiger partial charge < -0.3 is 9.64 Å². The SMILES string of the molecule is COCCS(=O)(=O)c1ccc(C(=O)N2CCCC2C(C)C)cc1. The molecule has 1 aliphatic heterocycles. The van der Waals surface area contributed by atoms with Crippen molar-refractivity contribution in [3.05, 3.63) is 29.8 Å². The Hall–Kier alpha value is -1.40. The number of hydrogen-bond acceptors (Lipinski definition) is 4. The van der Waals surface area contributed by atoms with Crippen molar-refractivity contribution in [2.24, 2.45) is 5.92 Å². The summed E-state index contributed by atoms with van der Waals surface area (Å²) in [6.45, 7) is 5.19. The molecule has 1 amide bonds. The molecule has 23 heavy (non-hydrogen) atoms. The lowest BCUT2D eigenvalue weighted by molar-refractivity contribution is 0.0701. The second-order valence-electron chi connectivity index (χ2n) is 6.29. The molecule has 1 aromatic rings. The summed E-state index contributed by atoms with van der Waals surface area (Å²) in [5.41, 5.74) is 0.545. The Bertz CT molecular complexity index is 637. The molecule has 6 heteroatoms. The number of rotatable bonds is 6. The van der Waals surface area contributed by atoms with Crippen molar-refractivity contribution in [3.63, 3.8) is 0 Å². The van der Waals surface area contributed by atoms with Gasteiger partial charge in [-0.25, -0.2) is 8.42 Å². The molecule has 1 saturated heterocycles. The van der Waals surface area contributed by atoms with Gasteiger partial charge in [-0.2, -0.15) is 0 Å². The number of sulfone groups is 1. The molecule has 128 valence electrons. The maximum Gasteiger partial charge on any atom is 0.254 e. The average Bonchev–Trinajstić information content (AvgIpc) is 3.02. The summed E-state index contributed by atoms with van der Waals surface area (Å²) in [6.07, 6.45) is 2.06. The molecule has 1 atom stereocenters. The summed E-state index contributed by atoms with van der Waals surface area (Å²) >= 11 is 0. The van der Waals surface area contributed by atoms with Crippen molar-refractivity contribution in [1.29, 1.82) is 0 Å². The predicted molar refractivity (Wildman–Crippen MR) is 89.3 cm³/mol. The average molecular weight is 339 g/mol. The minimum Gasteiger partial charge on any atom is -0.384 e. The fourth-order valence-electron chi connectivity index (χ4n) is 3.02. The van der Waals surface area contributed by atoms with Gasteiger partial charge >= 0.3 is 0 Å². The van der Waals surface area contributed by atoms with Gasteiger partial charge in [0, 0.05) is 25.3 Å². The zero-order valence-electron chi connectivity index (χ0n) is 14.0. The van der Waals surface area contributed by atoms with E-state index >= 15 is 0 Å². The van der Waals surface area contributed by atoms with Crippen LogP contribution < -0.4 is 0 Å². The molecular weight excluding hydrogens is 314 g/mol. The summed E-state index contributed by atoms with van der Waals surface area (Å²) in [7, 11) is -1.89. The molecule has 0 aromatic heterocycles. The standard InChI is InChI=1S/C17H25NO4S/c1-13(2)16-5-4-10-18(16)17(19)14-6-8-15(9-7-14)23(20,21)12-11-22-3/h6-9,13,16H,4-5,10-12H2,1-3H3. The first-order valence-corrected chi connectivity index (χ1v) is 9.65. The first kappa shape index (κ1) is 17.9. The van der Waals surface area contributed by atoms with Crippen LogP contribution in [0.25, 0.3) is 0 Å². The Morgan fingerprint density at radius 3 is 2.52 bits per heavy atom. The van der Waals surface area contributed by atoms with Crippen molar-refractivity contribution < 1.29 is 17.9 Å². The minimum atomic E-state index is -3.36. The van der Waals surface area contributed by atoms with E-state index in [1.807, 2.05) is 4.90 Å². The smallest absolute Gasteiger partial charge is 0.254 e. The number of benzene rings is 1. The van der Waals surface area contributed by atoms with Crippen molar-refractivity contribution in [2.45, 2.75) is 37.6 Å². The Kier molecular flexibility index (Phi) is 5.81. The van der Waals surface area contributed by atoms with E-state index in [9.17, 15) is 13.2 Å². The molecule has 2 rings (SSSR count). The van der Waals surface area contributed by atoms with Gasteiger partial charge in [-0.15, -0.1) is 0 Å². The Labute approximate surface area is 138 Å². The van der Waals surface area contributed by atoms with E-state index in [1.54, 1.807) is 12.1 Å². The summed E-state index contributed by atoms with van der Waals surface area (Å²) in [6, 6.07) is 6.51. The molecule has 0 bridgehead atoms. The second kappa shape index (κ2) is 7.45. The number of likely N-dealkylation sites (tertiary alicyclic amines) is 1. The maximum absolute atomic E-state index is 12.7. The lowest BCUT2D eigenvalue weighted by atomic mass is 10.0. The Morgan fingerprint density at radius 1 is 1.30 bits per heavy atom. The van der Waals surface area contributed by atoms with Crippen LogP contribution in [0.1, 0.15) is 37.0 Å². The summed E-state index contributed by atoms with van der Waals surface area (Å²) in [5.74, 6) is 0.357. The highest BCUT2D eigenvalue weighted by Gasteiger charge is 2.31. The third kappa shape index (κ3) is 4.12. The van der Waals surface area contributed by atoms with E-state index in [0.717, 1.165) is 19.4 Å². The number of carbonyl (C=O) groups excluding carboxylic acids is 1. The zero-order valence-corrected chi connectivity index (χ0v) is 14.8. The highest BCUT2D eigenvalue weighted by atomic mass is 32.2. The van der Waals surface area contributed by atoms with Crippen LogP contribution in [0.15, 0.2) is 29.2 Å². The summed E-state index contributed by atoms with van der Waals surface area (Å²) < 4.78 is 29.0. The normalized spacial score (nSPS) is 18.6. The van der Waals surface area contributed by atoms with Crippen LogP contribution >= 0.6 is 0 Å². The molecule has 1 heterocycles. The first-order valence-electron chi connectivity index (χ1n) is 7.99. The maximum atomic E-state index is 12.7. The van der Waals surface area contributed by atoms with E-state index in [2.05, 4.69) is 13.8 Å². The zero-order chi connectivity index (χ0) is 17.0. The third-order valence-corrected chi connectivity index (χ3v) is 6.04. The lowest BCUT2D eigenvalue weighted by Gasteiger charge is -2.27. The molecular formula is C17H25NO4S. The van der Waals surface area contributed by atoms with Gasteiger partial charge in [-0.1, -0.05) is 13.8 Å². The van der Waals surface area contributed by atoms with Gasteiger partial charge in [-0.3, -0.25) is 4.79 Å². The lowest BCUT2D eigenvalue weighted by Crippen LogP contribution is -2.38. The molecule has 0 radical (unpaired) electrons. The Morgan fingerprint density at radius 2 is 1.96 bits per heavy atom. The summed E-state index contributed by atoms with van der Waals surface area (Å²) in [5, 5.41) is 0. The number of hydrogen-bond donors (Lipinski definition) is 0. The van der Waals surface area contributed by atoms with Crippen LogP contribution in [-0.2, 0) is 14.6 Å². The van der Waals surface area contributed by atoms with Gasteiger partial charge in [0.1, 0.15) is 0 Å². The van der Waals surface area contributed by atoms with E-state index < -0.39 is 9.84 Å².